The first kappa shape index (κ1) is 44.1. The lowest BCUT2D eigenvalue weighted by molar-refractivity contribution is -0.287. The number of nitrogens with zero attached hydrogens (tertiary/aromatic N) is 1. The second-order valence-electron chi connectivity index (χ2n) is 15.9. The highest BCUT2D eigenvalue weighted by Crippen LogP contribution is 2.57. The van der Waals surface area contributed by atoms with Crippen LogP contribution in [0, 0.1) is 0 Å². The molecular weight excluding hydrogens is 761 g/mol. The molecule has 3 aliphatic heterocycles. The standard InChI is InChI=1S/C40H58NO13PSi/c1-10-12-24-47-55(45,48-25-13-11-2)54-40(36(43)46-9)26-31-33(41(28(3)42)37(44)50-31)35(53-40)34-32(51-39(7,8)52-34)27-49-56(38(4,5)6,29-20-16-14-17-21-29)30-22-18-15-19-23-30/h14-23,31-35H,10-13,24-27H2,1-9H3/t31-,32-,33?,34-,35-,40?/m1/s1. The van der Waals surface area contributed by atoms with Gasteiger partial charge in [0.25, 0.3) is 14.1 Å². The molecular formula is C40H58NO13PSi. The number of rotatable bonds is 17. The van der Waals surface area contributed by atoms with Gasteiger partial charge in [0.05, 0.1) is 33.4 Å². The molecule has 0 aromatic heterocycles. The molecule has 2 unspecified atom stereocenters. The van der Waals surface area contributed by atoms with Crippen molar-refractivity contribution in [3.05, 3.63) is 60.7 Å². The molecule has 16 heteroatoms. The Balaban J connectivity index is 1.60. The summed E-state index contributed by atoms with van der Waals surface area (Å²) in [6, 6.07) is 19.1. The molecule has 0 aliphatic carbocycles. The Bertz CT molecular complexity index is 1650. The molecule has 0 spiro atoms. The SMILES string of the molecule is CCCCOP(=O)(OCCCC)OC1(C(=O)OC)C[C@H]2OC(=O)N(C(C)=O)C2[C@H]([C@@H]2OC(C)(C)O[C@@H]2CO[Si](c2ccccc2)(c2ccccc2)C(C)(C)C)O1. The Kier molecular flexibility index (Phi) is 14.1. The van der Waals surface area contributed by atoms with Crippen LogP contribution in [-0.2, 0) is 55.8 Å². The molecule has 0 bridgehead atoms. The van der Waals surface area contributed by atoms with Gasteiger partial charge >= 0.3 is 19.9 Å². The van der Waals surface area contributed by atoms with Crippen molar-refractivity contribution in [1.82, 2.24) is 4.90 Å². The summed E-state index contributed by atoms with van der Waals surface area (Å²) < 4.78 is 69.9. The first-order chi connectivity index (χ1) is 26.5. The Morgan fingerprint density at radius 2 is 1.45 bits per heavy atom. The Morgan fingerprint density at radius 3 is 1.93 bits per heavy atom. The normalized spacial score (nSPS) is 26.5. The van der Waals surface area contributed by atoms with Gasteiger partial charge in [-0.05, 0) is 42.1 Å². The van der Waals surface area contributed by atoms with E-state index in [4.69, 9.17) is 41.7 Å². The minimum Gasteiger partial charge on any atom is -0.465 e. The van der Waals surface area contributed by atoms with E-state index in [2.05, 4.69) is 45.0 Å². The number of ether oxygens (including phenoxy) is 5. The van der Waals surface area contributed by atoms with Gasteiger partial charge in [-0.15, -0.1) is 0 Å². The minimum atomic E-state index is -4.52. The molecule has 0 radical (unpaired) electrons. The molecule has 310 valence electrons. The summed E-state index contributed by atoms with van der Waals surface area (Å²) in [5.41, 5.74) is 0. The van der Waals surface area contributed by atoms with E-state index in [0.29, 0.717) is 12.8 Å². The van der Waals surface area contributed by atoms with Gasteiger partial charge in [0, 0.05) is 6.92 Å². The van der Waals surface area contributed by atoms with Crippen LogP contribution in [0.3, 0.4) is 0 Å². The third-order valence-electron chi connectivity index (χ3n) is 10.3. The van der Waals surface area contributed by atoms with Gasteiger partial charge in [-0.2, -0.15) is 0 Å². The highest BCUT2D eigenvalue weighted by atomic mass is 31.2. The van der Waals surface area contributed by atoms with E-state index in [-0.39, 0.29) is 24.9 Å². The quantitative estimate of drug-likeness (QED) is 0.0767. The Hall–Kier alpha value is -2.98. The number of carbonyl (C=O) groups is 3. The van der Waals surface area contributed by atoms with Gasteiger partial charge in [0.2, 0.25) is 5.91 Å². The number of carbonyl (C=O) groups excluding carboxylic acids is 3. The highest BCUT2D eigenvalue weighted by Gasteiger charge is 2.67. The lowest BCUT2D eigenvalue weighted by atomic mass is 9.88. The van der Waals surface area contributed by atoms with Crippen molar-refractivity contribution in [2.45, 2.75) is 135 Å². The zero-order valence-corrected chi connectivity index (χ0v) is 35.9. The summed E-state index contributed by atoms with van der Waals surface area (Å²) in [6.07, 6.45) is -3.44. The fourth-order valence-electron chi connectivity index (χ4n) is 7.80. The van der Waals surface area contributed by atoms with Gasteiger partial charge in [0.1, 0.15) is 30.5 Å². The number of fused-ring (bicyclic) bond motifs is 1. The number of phosphoric acid groups is 1. The number of methoxy groups -OCH3 is 1. The van der Waals surface area contributed by atoms with Crippen LogP contribution in [0.1, 0.15) is 87.5 Å². The second-order valence-corrected chi connectivity index (χ2v) is 21.8. The third kappa shape index (κ3) is 9.16. The van der Waals surface area contributed by atoms with Gasteiger partial charge < -0.3 is 28.1 Å². The van der Waals surface area contributed by atoms with Gasteiger partial charge in [-0.1, -0.05) is 108 Å². The summed E-state index contributed by atoms with van der Waals surface area (Å²) in [5, 5.41) is 1.70. The maximum atomic E-state index is 14.4. The fourth-order valence-corrected chi connectivity index (χ4v) is 13.8. The number of phosphoric ester groups is 1. The van der Waals surface area contributed by atoms with Crippen molar-refractivity contribution in [2.24, 2.45) is 0 Å². The number of imide groups is 1. The summed E-state index contributed by atoms with van der Waals surface area (Å²) in [7, 11) is -6.51. The van der Waals surface area contributed by atoms with E-state index in [9.17, 15) is 18.9 Å². The molecule has 0 saturated carbocycles. The maximum Gasteiger partial charge on any atom is 0.477 e. The van der Waals surface area contributed by atoms with Crippen LogP contribution in [0.5, 0.6) is 0 Å². The molecule has 6 atom stereocenters. The van der Waals surface area contributed by atoms with Gasteiger partial charge in [-0.25, -0.2) is 23.6 Å². The summed E-state index contributed by atoms with van der Waals surface area (Å²) in [6.45, 7) is 15.0. The number of benzene rings is 2. The Morgan fingerprint density at radius 1 is 0.893 bits per heavy atom. The summed E-state index contributed by atoms with van der Waals surface area (Å²) in [5.74, 6) is -5.39. The number of amides is 2. The van der Waals surface area contributed by atoms with Crippen LogP contribution in [0.25, 0.3) is 0 Å². The number of unbranched alkanes of at least 4 members (excludes halogenated alkanes) is 2. The first-order valence-corrected chi connectivity index (χ1v) is 22.8. The van der Waals surface area contributed by atoms with E-state index in [1.54, 1.807) is 13.8 Å². The number of hydrogen-bond donors (Lipinski definition) is 0. The van der Waals surface area contributed by atoms with Crippen molar-refractivity contribution in [3.8, 4) is 0 Å². The average Bonchev–Trinajstić information content (AvgIpc) is 3.65. The van der Waals surface area contributed by atoms with E-state index < -0.39 is 82.6 Å². The third-order valence-corrected chi connectivity index (χ3v) is 16.8. The molecule has 2 amide bonds. The minimum absolute atomic E-state index is 0.00909. The van der Waals surface area contributed by atoms with E-state index in [0.717, 1.165) is 35.2 Å². The fraction of sp³-hybridized carbons (Fsp3) is 0.625. The molecule has 56 heavy (non-hydrogen) atoms. The maximum absolute atomic E-state index is 14.4. The average molecular weight is 820 g/mol. The summed E-state index contributed by atoms with van der Waals surface area (Å²) in [4.78, 5) is 41.4. The van der Waals surface area contributed by atoms with Crippen LogP contribution < -0.4 is 10.4 Å². The van der Waals surface area contributed by atoms with Crippen LogP contribution in [0.4, 0.5) is 4.79 Å². The largest absolute Gasteiger partial charge is 0.477 e. The number of esters is 1. The van der Waals surface area contributed by atoms with Gasteiger partial charge in [-0.3, -0.25) is 13.8 Å². The van der Waals surface area contributed by atoms with Crippen molar-refractivity contribution >= 4 is 44.5 Å². The van der Waals surface area contributed by atoms with Crippen LogP contribution >= 0.6 is 7.82 Å². The molecule has 5 rings (SSSR count). The van der Waals surface area contributed by atoms with Crippen molar-refractivity contribution in [1.29, 1.82) is 0 Å². The molecule has 2 aromatic rings. The first-order valence-electron chi connectivity index (χ1n) is 19.4. The smallest absolute Gasteiger partial charge is 0.465 e. The zero-order chi connectivity index (χ0) is 40.9. The molecule has 2 aromatic carbocycles. The molecule has 0 N–H and O–H groups in total. The lowest BCUT2D eigenvalue weighted by Gasteiger charge is -2.47. The van der Waals surface area contributed by atoms with E-state index >= 15 is 0 Å². The van der Waals surface area contributed by atoms with Gasteiger partial charge in [0.15, 0.2) is 5.79 Å². The Labute approximate surface area is 331 Å². The number of hydrogen-bond acceptors (Lipinski definition) is 13. The van der Waals surface area contributed by atoms with Crippen molar-refractivity contribution in [3.63, 3.8) is 0 Å². The van der Waals surface area contributed by atoms with E-state index in [1.807, 2.05) is 50.2 Å². The zero-order valence-electron chi connectivity index (χ0n) is 34.0. The van der Waals surface area contributed by atoms with Crippen LogP contribution in [0.2, 0.25) is 5.04 Å². The second kappa shape index (κ2) is 17.9. The summed E-state index contributed by atoms with van der Waals surface area (Å²) >= 11 is 0. The van der Waals surface area contributed by atoms with Crippen LogP contribution in [-0.4, -0.2) is 100 Å². The molecule has 3 fully saturated rings. The lowest BCUT2D eigenvalue weighted by Crippen LogP contribution is -2.68. The molecule has 14 nitrogen and oxygen atoms in total. The molecule has 3 heterocycles. The van der Waals surface area contributed by atoms with Crippen molar-refractivity contribution < 1.29 is 60.6 Å². The van der Waals surface area contributed by atoms with E-state index in [1.165, 1.54) is 6.92 Å². The monoisotopic (exact) mass is 819 g/mol. The highest BCUT2D eigenvalue weighted by molar-refractivity contribution is 7.48. The van der Waals surface area contributed by atoms with Crippen LogP contribution in [0.15, 0.2) is 60.7 Å². The topological polar surface area (TPSA) is 155 Å². The predicted octanol–water partition coefficient (Wildman–Crippen LogP) is 6.24. The van der Waals surface area contributed by atoms with Crippen molar-refractivity contribution in [2.75, 3.05) is 26.9 Å². The predicted molar refractivity (Wildman–Crippen MR) is 209 cm³/mol. The molecule has 3 saturated heterocycles. The molecule has 3 aliphatic rings.